The molecule has 0 saturated carbocycles. The van der Waals surface area contributed by atoms with E-state index in [1.807, 2.05) is 25.5 Å². The Hall–Kier alpha value is -2.78. The normalized spacial score (nSPS) is 20.8. The number of halogens is 3. The smallest absolute Gasteiger partial charge is 0.354 e. The molecule has 1 unspecified atom stereocenters. The number of aliphatic imine (C=N–C) groups is 1. The van der Waals surface area contributed by atoms with Crippen LogP contribution in [-0.2, 0) is 4.79 Å². The van der Waals surface area contributed by atoms with Crippen molar-refractivity contribution in [1.29, 1.82) is 0 Å². The fourth-order valence-corrected chi connectivity index (χ4v) is 4.90. The second-order valence-electron chi connectivity index (χ2n) is 8.59. The highest BCUT2D eigenvalue weighted by molar-refractivity contribution is 6.14. The van der Waals surface area contributed by atoms with E-state index in [4.69, 9.17) is 4.99 Å². The van der Waals surface area contributed by atoms with E-state index < -0.39 is 24.2 Å². The van der Waals surface area contributed by atoms with Crippen molar-refractivity contribution in [3.63, 3.8) is 0 Å². The lowest BCUT2D eigenvalue weighted by Gasteiger charge is -2.46. The molecule has 2 aromatic heterocycles. The zero-order valence-electron chi connectivity index (χ0n) is 18.6. The molecule has 174 valence electrons. The molecule has 1 atom stereocenters. The van der Waals surface area contributed by atoms with Crippen LogP contribution in [0.3, 0.4) is 0 Å². The first-order valence-electron chi connectivity index (χ1n) is 11.1. The minimum atomic E-state index is -4.51. The van der Waals surface area contributed by atoms with Gasteiger partial charge in [-0.1, -0.05) is 13.8 Å². The maximum atomic E-state index is 12.6. The molecule has 10 heteroatoms. The Bertz CT molecular complexity index is 1030. The summed E-state index contributed by atoms with van der Waals surface area (Å²) >= 11 is 0. The van der Waals surface area contributed by atoms with Crippen LogP contribution in [-0.4, -0.2) is 64.6 Å². The van der Waals surface area contributed by atoms with Gasteiger partial charge >= 0.3 is 6.18 Å². The minimum Gasteiger partial charge on any atom is -0.354 e. The predicted octanol–water partition coefficient (Wildman–Crippen LogP) is 3.81. The fraction of sp³-hybridized carbons (Fsp3) is 0.591. The molecule has 0 bridgehead atoms. The number of nitrogens with one attached hydrogen (secondary N) is 2. The first-order valence-corrected chi connectivity index (χ1v) is 11.1. The fourth-order valence-electron chi connectivity index (χ4n) is 4.90. The van der Waals surface area contributed by atoms with Gasteiger partial charge in [-0.15, -0.1) is 0 Å². The molecule has 2 aromatic rings. The lowest BCUT2D eigenvalue weighted by Crippen LogP contribution is -2.54. The Labute approximate surface area is 185 Å². The molecule has 1 saturated heterocycles. The van der Waals surface area contributed by atoms with Crippen molar-refractivity contribution in [2.45, 2.75) is 63.8 Å². The summed E-state index contributed by atoms with van der Waals surface area (Å²) in [6.45, 7) is 5.35. The number of pyridine rings is 1. The summed E-state index contributed by atoms with van der Waals surface area (Å²) in [7, 11) is 2.03. The maximum absolute atomic E-state index is 12.6. The third kappa shape index (κ3) is 4.02. The zero-order valence-corrected chi connectivity index (χ0v) is 18.6. The predicted molar refractivity (Wildman–Crippen MR) is 118 cm³/mol. The highest BCUT2D eigenvalue weighted by Crippen LogP contribution is 2.40. The van der Waals surface area contributed by atoms with Crippen molar-refractivity contribution in [2.24, 2.45) is 4.99 Å². The van der Waals surface area contributed by atoms with Crippen LogP contribution in [0.5, 0.6) is 0 Å². The average molecular weight is 451 g/mol. The van der Waals surface area contributed by atoms with Crippen LogP contribution in [0.15, 0.2) is 23.5 Å². The van der Waals surface area contributed by atoms with E-state index >= 15 is 0 Å². The molecule has 0 spiro atoms. The second kappa shape index (κ2) is 8.29. The minimum absolute atomic E-state index is 0.356. The van der Waals surface area contributed by atoms with Gasteiger partial charge in [0.05, 0.1) is 17.4 Å². The number of aromatic nitrogens is 2. The van der Waals surface area contributed by atoms with Gasteiger partial charge in [0.2, 0.25) is 5.91 Å². The van der Waals surface area contributed by atoms with Gasteiger partial charge in [0.25, 0.3) is 0 Å². The number of H-pyrrole nitrogens is 1. The van der Waals surface area contributed by atoms with Crippen LogP contribution in [0.2, 0.25) is 0 Å². The number of nitrogens with zero attached hydrogens (tertiary/aromatic N) is 4. The van der Waals surface area contributed by atoms with E-state index in [0.29, 0.717) is 13.0 Å². The Morgan fingerprint density at radius 2 is 2.09 bits per heavy atom. The number of anilines is 1. The van der Waals surface area contributed by atoms with Crippen molar-refractivity contribution in [3.8, 4) is 0 Å². The first kappa shape index (κ1) is 22.4. The summed E-state index contributed by atoms with van der Waals surface area (Å²) in [5.41, 5.74) is 2.28. The molecule has 2 aliphatic heterocycles. The SMILES string of the molecule is CCC1(CC)N=C(N2CCCC(NC(=O)CC(F)(F)F)C2)c2c(cnc3[nH]ccc23)N1C. The lowest BCUT2D eigenvalue weighted by atomic mass is 9.94. The first-order chi connectivity index (χ1) is 15.2. The van der Waals surface area contributed by atoms with Crippen molar-refractivity contribution in [1.82, 2.24) is 20.2 Å². The topological polar surface area (TPSA) is 76.6 Å². The number of likely N-dealkylation sites (tertiary alicyclic amines) is 1. The highest BCUT2D eigenvalue weighted by Gasteiger charge is 2.40. The summed E-state index contributed by atoms with van der Waals surface area (Å²) < 4.78 is 37.8. The molecule has 7 nitrogen and oxygen atoms in total. The van der Waals surface area contributed by atoms with Crippen molar-refractivity contribution >= 4 is 28.5 Å². The lowest BCUT2D eigenvalue weighted by molar-refractivity contribution is -0.154. The van der Waals surface area contributed by atoms with E-state index in [-0.39, 0.29) is 6.04 Å². The molecule has 1 fully saturated rings. The molecule has 0 aliphatic carbocycles. The number of carbonyl (C=O) groups excluding carboxylic acids is 1. The molecule has 0 aromatic carbocycles. The zero-order chi connectivity index (χ0) is 23.1. The number of fused-ring (bicyclic) bond motifs is 3. The van der Waals surface area contributed by atoms with Crippen molar-refractivity contribution in [2.75, 3.05) is 25.0 Å². The third-order valence-electron chi connectivity index (χ3n) is 6.67. The van der Waals surface area contributed by atoms with E-state index in [1.54, 1.807) is 0 Å². The van der Waals surface area contributed by atoms with Gasteiger partial charge in [0.15, 0.2) is 0 Å². The van der Waals surface area contributed by atoms with Gasteiger partial charge < -0.3 is 20.1 Å². The van der Waals surface area contributed by atoms with Gasteiger partial charge in [-0.2, -0.15) is 13.2 Å². The van der Waals surface area contributed by atoms with Gasteiger partial charge in [-0.3, -0.25) is 4.79 Å². The Morgan fingerprint density at radius 3 is 2.78 bits per heavy atom. The molecule has 1 amide bonds. The standard InChI is InChI=1S/C22H29F3N6O/c1-4-21(5-2)29-20(18-15-8-9-26-19(15)27-12-16(18)30(21)3)31-10-6-7-14(13-31)28-17(32)11-22(23,24)25/h8-9,12,14H,4-7,10-11,13H2,1-3H3,(H,26,27)(H,28,32). The molecular formula is C22H29F3N6O. The molecule has 4 rings (SSSR count). The van der Waals surface area contributed by atoms with Gasteiger partial charge in [-0.05, 0) is 31.7 Å². The number of hydrogen-bond acceptors (Lipinski definition) is 5. The number of alkyl halides is 3. The summed E-state index contributed by atoms with van der Waals surface area (Å²) in [4.78, 5) is 29.1. The molecule has 32 heavy (non-hydrogen) atoms. The maximum Gasteiger partial charge on any atom is 0.397 e. The van der Waals surface area contributed by atoms with Crippen molar-refractivity contribution < 1.29 is 18.0 Å². The van der Waals surface area contributed by atoms with E-state index in [1.165, 1.54) is 0 Å². The largest absolute Gasteiger partial charge is 0.397 e. The molecule has 2 N–H and O–H groups in total. The van der Waals surface area contributed by atoms with Gasteiger partial charge in [-0.25, -0.2) is 9.98 Å². The summed E-state index contributed by atoms with van der Waals surface area (Å²) in [6.07, 6.45) is 0.730. The van der Waals surface area contributed by atoms with Crippen LogP contribution >= 0.6 is 0 Å². The number of amides is 1. The van der Waals surface area contributed by atoms with Crippen LogP contribution in [0, 0.1) is 0 Å². The summed E-state index contributed by atoms with van der Waals surface area (Å²) in [5, 5.41) is 3.53. The monoisotopic (exact) mass is 450 g/mol. The summed E-state index contributed by atoms with van der Waals surface area (Å²) in [6, 6.07) is 1.62. The average Bonchev–Trinajstić information content (AvgIpc) is 3.22. The second-order valence-corrected chi connectivity index (χ2v) is 8.59. The van der Waals surface area contributed by atoms with Crippen LogP contribution in [0.4, 0.5) is 18.9 Å². The number of piperidine rings is 1. The molecule has 4 heterocycles. The van der Waals surface area contributed by atoms with E-state index in [0.717, 1.165) is 53.9 Å². The van der Waals surface area contributed by atoms with E-state index in [2.05, 4.69) is 38.9 Å². The van der Waals surface area contributed by atoms with Gasteiger partial charge in [0.1, 0.15) is 23.6 Å². The number of rotatable bonds is 4. The van der Waals surface area contributed by atoms with Crippen LogP contribution in [0.1, 0.15) is 51.5 Å². The molecule has 0 radical (unpaired) electrons. The Balaban J connectivity index is 1.69. The number of hydrogen-bond donors (Lipinski definition) is 2. The summed E-state index contributed by atoms with van der Waals surface area (Å²) in [5.74, 6) is -0.160. The van der Waals surface area contributed by atoms with Gasteiger partial charge in [0, 0.05) is 37.8 Å². The molecule has 2 aliphatic rings. The molecular weight excluding hydrogens is 421 g/mol. The Kier molecular flexibility index (Phi) is 5.81. The highest BCUT2D eigenvalue weighted by atomic mass is 19.4. The number of carbonyl (C=O) groups is 1. The Morgan fingerprint density at radius 1 is 1.34 bits per heavy atom. The number of amidine groups is 1. The quantitative estimate of drug-likeness (QED) is 0.743. The van der Waals surface area contributed by atoms with E-state index in [9.17, 15) is 18.0 Å². The van der Waals surface area contributed by atoms with Crippen LogP contribution in [0.25, 0.3) is 11.0 Å². The van der Waals surface area contributed by atoms with Crippen LogP contribution < -0.4 is 10.2 Å². The van der Waals surface area contributed by atoms with Crippen molar-refractivity contribution in [3.05, 3.63) is 24.0 Å². The third-order valence-corrected chi connectivity index (χ3v) is 6.67. The number of aromatic amines is 1.